The highest BCUT2D eigenvalue weighted by atomic mass is 16.5. The summed E-state index contributed by atoms with van der Waals surface area (Å²) < 4.78 is 11.2. The zero-order valence-electron chi connectivity index (χ0n) is 9.58. The van der Waals surface area contributed by atoms with Crippen LogP contribution in [0.4, 0.5) is 0 Å². The van der Waals surface area contributed by atoms with Gasteiger partial charge in [-0.1, -0.05) is 26.3 Å². The number of hydrogen-bond acceptors (Lipinski definition) is 2. The maximum absolute atomic E-state index is 5.63. The first-order chi connectivity index (χ1) is 7.38. The Morgan fingerprint density at radius 3 is 2.60 bits per heavy atom. The Hall–Kier alpha value is -1.18. The van der Waals surface area contributed by atoms with Crippen molar-refractivity contribution in [3.63, 3.8) is 0 Å². The van der Waals surface area contributed by atoms with Gasteiger partial charge in [-0.2, -0.15) is 0 Å². The highest BCUT2D eigenvalue weighted by Gasteiger charge is 2.02. The Morgan fingerprint density at radius 1 is 1.07 bits per heavy atom. The predicted octanol–water partition coefficient (Wildman–Crippen LogP) is 3.45. The second kappa shape index (κ2) is 7.16. The van der Waals surface area contributed by atoms with E-state index in [-0.39, 0.29) is 0 Å². The highest BCUT2D eigenvalue weighted by Crippen LogP contribution is 2.26. The van der Waals surface area contributed by atoms with Gasteiger partial charge in [0.25, 0.3) is 0 Å². The first-order valence-electron chi connectivity index (χ1n) is 5.64. The van der Waals surface area contributed by atoms with E-state index >= 15 is 0 Å². The monoisotopic (exact) mass is 207 g/mol. The van der Waals surface area contributed by atoms with Gasteiger partial charge in [-0.3, -0.25) is 0 Å². The van der Waals surface area contributed by atoms with Crippen LogP contribution >= 0.6 is 0 Å². The number of benzene rings is 1. The molecule has 0 N–H and O–H groups in total. The zero-order chi connectivity index (χ0) is 10.9. The van der Waals surface area contributed by atoms with E-state index in [1.165, 1.54) is 0 Å². The van der Waals surface area contributed by atoms with Crippen molar-refractivity contribution in [3.05, 3.63) is 24.3 Å². The fraction of sp³-hybridized carbons (Fsp3) is 0.538. The first kappa shape index (κ1) is 11.9. The summed E-state index contributed by atoms with van der Waals surface area (Å²) in [5.41, 5.74) is 0. The molecule has 0 spiro atoms. The SMILES string of the molecule is CCCCOc1cc[c]cc1OCCC. The number of ether oxygens (including phenoxy) is 2. The molecule has 0 heterocycles. The lowest BCUT2D eigenvalue weighted by Gasteiger charge is -2.11. The Bertz CT molecular complexity index is 271. The van der Waals surface area contributed by atoms with E-state index in [4.69, 9.17) is 9.47 Å². The lowest BCUT2D eigenvalue weighted by molar-refractivity contribution is 0.265. The third kappa shape index (κ3) is 4.24. The lowest BCUT2D eigenvalue weighted by Crippen LogP contribution is -2.01. The van der Waals surface area contributed by atoms with Crippen molar-refractivity contribution in [1.82, 2.24) is 0 Å². The van der Waals surface area contributed by atoms with Crippen LogP contribution in [0.15, 0.2) is 18.2 Å². The van der Waals surface area contributed by atoms with Gasteiger partial charge < -0.3 is 9.47 Å². The second-order valence-electron chi connectivity index (χ2n) is 3.42. The Kier molecular flexibility index (Phi) is 5.67. The molecule has 1 rings (SSSR count). The van der Waals surface area contributed by atoms with Crippen LogP contribution in [0.5, 0.6) is 11.5 Å². The summed E-state index contributed by atoms with van der Waals surface area (Å²) in [6.45, 7) is 5.71. The summed E-state index contributed by atoms with van der Waals surface area (Å²) in [5.74, 6) is 1.63. The van der Waals surface area contributed by atoms with Crippen LogP contribution in [-0.2, 0) is 0 Å². The minimum Gasteiger partial charge on any atom is -0.490 e. The summed E-state index contributed by atoms with van der Waals surface area (Å²) >= 11 is 0. The number of unbranched alkanes of at least 4 members (excludes halogenated alkanes) is 1. The van der Waals surface area contributed by atoms with E-state index in [1.54, 1.807) is 0 Å². The third-order valence-electron chi connectivity index (χ3n) is 2.01. The van der Waals surface area contributed by atoms with Gasteiger partial charge in [0.15, 0.2) is 11.5 Å². The molecule has 1 aromatic carbocycles. The summed E-state index contributed by atoms with van der Waals surface area (Å²) in [5, 5.41) is 0. The molecular formula is C13H19O2. The fourth-order valence-corrected chi connectivity index (χ4v) is 1.17. The van der Waals surface area contributed by atoms with Crippen molar-refractivity contribution in [2.24, 2.45) is 0 Å². The van der Waals surface area contributed by atoms with Crippen LogP contribution in [0, 0.1) is 6.07 Å². The standard InChI is InChI=1S/C13H19O2/c1-3-5-11-15-13-9-7-6-8-12(13)14-10-4-2/h7-9H,3-5,10-11H2,1-2H3. The smallest absolute Gasteiger partial charge is 0.161 e. The summed E-state index contributed by atoms with van der Waals surface area (Å²) in [6, 6.07) is 8.58. The first-order valence-corrected chi connectivity index (χ1v) is 5.64. The van der Waals surface area contributed by atoms with E-state index in [1.807, 2.05) is 18.2 Å². The molecule has 0 atom stereocenters. The average Bonchev–Trinajstić information content (AvgIpc) is 2.28. The maximum atomic E-state index is 5.63. The molecule has 83 valence electrons. The quantitative estimate of drug-likeness (QED) is 0.637. The summed E-state index contributed by atoms with van der Waals surface area (Å²) in [7, 11) is 0. The van der Waals surface area contributed by atoms with E-state index in [0.717, 1.165) is 44.0 Å². The molecule has 0 bridgehead atoms. The van der Waals surface area contributed by atoms with E-state index in [9.17, 15) is 0 Å². The van der Waals surface area contributed by atoms with Crippen LogP contribution < -0.4 is 9.47 Å². The summed E-state index contributed by atoms with van der Waals surface area (Å²) in [6.07, 6.45) is 3.22. The fourth-order valence-electron chi connectivity index (χ4n) is 1.17. The molecule has 0 aliphatic rings. The van der Waals surface area contributed by atoms with Gasteiger partial charge in [-0.05, 0) is 31.0 Å². The Labute approximate surface area is 92.2 Å². The van der Waals surface area contributed by atoms with Crippen molar-refractivity contribution < 1.29 is 9.47 Å². The van der Waals surface area contributed by atoms with Crippen LogP contribution in [0.1, 0.15) is 33.1 Å². The molecule has 1 aromatic rings. The van der Waals surface area contributed by atoms with E-state index < -0.39 is 0 Å². The van der Waals surface area contributed by atoms with Crippen LogP contribution in [0.3, 0.4) is 0 Å². The molecule has 1 radical (unpaired) electrons. The normalized spacial score (nSPS) is 10.0. The van der Waals surface area contributed by atoms with Crippen molar-refractivity contribution in [2.45, 2.75) is 33.1 Å². The molecule has 0 fully saturated rings. The molecule has 15 heavy (non-hydrogen) atoms. The maximum Gasteiger partial charge on any atom is 0.161 e. The minimum atomic E-state index is 0.724. The molecular weight excluding hydrogens is 188 g/mol. The van der Waals surface area contributed by atoms with Gasteiger partial charge in [-0.15, -0.1) is 0 Å². The Balaban J connectivity index is 2.52. The molecule has 0 aliphatic carbocycles. The van der Waals surface area contributed by atoms with Crippen molar-refractivity contribution in [1.29, 1.82) is 0 Å². The molecule has 0 aromatic heterocycles. The van der Waals surface area contributed by atoms with Crippen LogP contribution in [0.2, 0.25) is 0 Å². The molecule has 0 saturated heterocycles. The zero-order valence-corrected chi connectivity index (χ0v) is 9.58. The average molecular weight is 207 g/mol. The van der Waals surface area contributed by atoms with Gasteiger partial charge in [0.1, 0.15) is 0 Å². The molecule has 2 nitrogen and oxygen atoms in total. The topological polar surface area (TPSA) is 18.5 Å². The van der Waals surface area contributed by atoms with E-state index in [0.29, 0.717) is 0 Å². The van der Waals surface area contributed by atoms with Gasteiger partial charge in [0.05, 0.1) is 13.2 Å². The van der Waals surface area contributed by atoms with Crippen molar-refractivity contribution >= 4 is 0 Å². The molecule has 0 aliphatic heterocycles. The van der Waals surface area contributed by atoms with Crippen molar-refractivity contribution in [3.8, 4) is 11.5 Å². The molecule has 0 unspecified atom stereocenters. The van der Waals surface area contributed by atoms with Crippen LogP contribution in [0.25, 0.3) is 0 Å². The third-order valence-corrected chi connectivity index (χ3v) is 2.01. The number of hydrogen-bond donors (Lipinski definition) is 0. The molecule has 0 amide bonds. The minimum absolute atomic E-state index is 0.724. The largest absolute Gasteiger partial charge is 0.490 e. The molecule has 2 heteroatoms. The number of rotatable bonds is 7. The highest BCUT2D eigenvalue weighted by molar-refractivity contribution is 5.38. The van der Waals surface area contributed by atoms with Crippen LogP contribution in [-0.4, -0.2) is 13.2 Å². The molecule has 0 saturated carbocycles. The van der Waals surface area contributed by atoms with Gasteiger partial charge >= 0.3 is 0 Å². The van der Waals surface area contributed by atoms with Gasteiger partial charge in [0, 0.05) is 0 Å². The van der Waals surface area contributed by atoms with Crippen molar-refractivity contribution in [2.75, 3.05) is 13.2 Å². The van der Waals surface area contributed by atoms with Gasteiger partial charge in [-0.25, -0.2) is 0 Å². The predicted molar refractivity (Wildman–Crippen MR) is 61.5 cm³/mol. The summed E-state index contributed by atoms with van der Waals surface area (Å²) in [4.78, 5) is 0. The Morgan fingerprint density at radius 2 is 1.87 bits per heavy atom. The van der Waals surface area contributed by atoms with E-state index in [2.05, 4.69) is 19.9 Å². The van der Waals surface area contributed by atoms with Gasteiger partial charge in [0.2, 0.25) is 0 Å². The second-order valence-corrected chi connectivity index (χ2v) is 3.42. The lowest BCUT2D eigenvalue weighted by atomic mass is 10.3.